The SMILES string of the molecule is COc1ccc(C(=O)Nc2cccc(O)c2NC(=O)c2ccc(-c3cccn(CCN(C)C)c3=O)cc2Cl)cc1. The number of ether oxygens (including phenoxy) is 1. The summed E-state index contributed by atoms with van der Waals surface area (Å²) in [5.74, 6) is -0.678. The number of carbonyl (C=O) groups is 2. The van der Waals surface area contributed by atoms with E-state index in [1.807, 2.05) is 19.0 Å². The Morgan fingerprint density at radius 2 is 1.73 bits per heavy atom. The molecule has 0 unspecified atom stereocenters. The third kappa shape index (κ3) is 6.51. The number of phenolic OH excluding ortho intramolecular Hbond substituents is 1. The monoisotopic (exact) mass is 560 g/mol. The van der Waals surface area contributed by atoms with Crippen LogP contribution in [0.1, 0.15) is 20.7 Å². The number of aromatic hydroxyl groups is 1. The number of halogens is 1. The number of phenols is 1. The van der Waals surface area contributed by atoms with Crippen molar-refractivity contribution in [2.45, 2.75) is 6.54 Å². The topological polar surface area (TPSA) is 113 Å². The van der Waals surface area contributed by atoms with E-state index in [2.05, 4.69) is 10.6 Å². The van der Waals surface area contributed by atoms with Crippen molar-refractivity contribution in [1.82, 2.24) is 9.47 Å². The lowest BCUT2D eigenvalue weighted by molar-refractivity contribution is 0.101. The van der Waals surface area contributed by atoms with Crippen molar-refractivity contribution in [3.63, 3.8) is 0 Å². The fraction of sp³-hybridized carbons (Fsp3) is 0.167. The van der Waals surface area contributed by atoms with Crippen LogP contribution >= 0.6 is 11.6 Å². The Bertz CT molecular complexity index is 1600. The molecule has 206 valence electrons. The lowest BCUT2D eigenvalue weighted by Gasteiger charge is -2.15. The van der Waals surface area contributed by atoms with Gasteiger partial charge in [-0.3, -0.25) is 14.4 Å². The van der Waals surface area contributed by atoms with Gasteiger partial charge in [-0.15, -0.1) is 0 Å². The van der Waals surface area contributed by atoms with Gasteiger partial charge >= 0.3 is 0 Å². The van der Waals surface area contributed by atoms with Crippen LogP contribution in [0.15, 0.2) is 83.8 Å². The summed E-state index contributed by atoms with van der Waals surface area (Å²) < 4.78 is 6.75. The van der Waals surface area contributed by atoms with Gasteiger partial charge in [0.1, 0.15) is 17.2 Å². The van der Waals surface area contributed by atoms with E-state index >= 15 is 0 Å². The predicted molar refractivity (Wildman–Crippen MR) is 157 cm³/mol. The molecule has 10 heteroatoms. The molecule has 1 heterocycles. The Hall–Kier alpha value is -4.60. The van der Waals surface area contributed by atoms with Crippen molar-refractivity contribution in [3.8, 4) is 22.6 Å². The van der Waals surface area contributed by atoms with Gasteiger partial charge < -0.3 is 29.9 Å². The second-order valence-corrected chi connectivity index (χ2v) is 9.66. The Morgan fingerprint density at radius 3 is 2.40 bits per heavy atom. The second kappa shape index (κ2) is 12.5. The summed E-state index contributed by atoms with van der Waals surface area (Å²) in [6.45, 7) is 1.24. The predicted octanol–water partition coefficient (Wildman–Crippen LogP) is 4.95. The van der Waals surface area contributed by atoms with Gasteiger partial charge in [0.2, 0.25) is 0 Å². The lowest BCUT2D eigenvalue weighted by atomic mass is 10.0. The minimum Gasteiger partial charge on any atom is -0.506 e. The minimum atomic E-state index is -0.602. The standard InChI is InChI=1S/C30H29ClN4O5/c1-34(2)16-17-35-15-5-6-22(30(35)39)20-11-14-23(24(31)18-20)29(38)33-27-25(7-4-8-26(27)36)32-28(37)19-9-12-21(40-3)13-10-19/h4-15,18,36H,16-17H2,1-3H3,(H,32,37)(H,33,38). The quantitative estimate of drug-likeness (QED) is 0.250. The number of amides is 2. The van der Waals surface area contributed by atoms with E-state index in [1.54, 1.807) is 71.4 Å². The summed E-state index contributed by atoms with van der Waals surface area (Å²) in [4.78, 5) is 41.0. The highest BCUT2D eigenvalue weighted by molar-refractivity contribution is 6.34. The molecule has 0 aliphatic heterocycles. The fourth-order valence-electron chi connectivity index (χ4n) is 4.00. The zero-order valence-corrected chi connectivity index (χ0v) is 23.0. The third-order valence-corrected chi connectivity index (χ3v) is 6.53. The van der Waals surface area contributed by atoms with Crippen molar-refractivity contribution in [1.29, 1.82) is 0 Å². The van der Waals surface area contributed by atoms with Crippen molar-refractivity contribution in [2.24, 2.45) is 0 Å². The van der Waals surface area contributed by atoms with Crippen LogP contribution in [0.2, 0.25) is 5.02 Å². The van der Waals surface area contributed by atoms with Gasteiger partial charge in [-0.05, 0) is 80.3 Å². The normalized spacial score (nSPS) is 10.8. The number of benzene rings is 3. The van der Waals surface area contributed by atoms with Gasteiger partial charge in [-0.2, -0.15) is 0 Å². The maximum absolute atomic E-state index is 13.2. The summed E-state index contributed by atoms with van der Waals surface area (Å²) in [5, 5.41) is 16.0. The number of methoxy groups -OCH3 is 1. The molecule has 0 fully saturated rings. The first-order valence-electron chi connectivity index (χ1n) is 12.4. The number of para-hydroxylation sites is 1. The Labute approximate surface area is 236 Å². The lowest BCUT2D eigenvalue weighted by Crippen LogP contribution is -2.26. The molecule has 9 nitrogen and oxygen atoms in total. The van der Waals surface area contributed by atoms with Crippen molar-refractivity contribution < 1.29 is 19.4 Å². The third-order valence-electron chi connectivity index (χ3n) is 6.21. The van der Waals surface area contributed by atoms with Gasteiger partial charge in [-0.25, -0.2) is 0 Å². The number of carbonyl (C=O) groups excluding carboxylic acids is 2. The molecular weight excluding hydrogens is 532 g/mol. The Morgan fingerprint density at radius 1 is 0.975 bits per heavy atom. The van der Waals surface area contributed by atoms with E-state index in [0.717, 1.165) is 0 Å². The molecule has 0 saturated carbocycles. The molecule has 2 amide bonds. The van der Waals surface area contributed by atoms with Crippen LogP contribution in [0, 0.1) is 0 Å². The number of nitrogens with zero attached hydrogens (tertiary/aromatic N) is 2. The van der Waals surface area contributed by atoms with Gasteiger partial charge in [-0.1, -0.05) is 23.7 Å². The number of rotatable bonds is 9. The number of hydrogen-bond donors (Lipinski definition) is 3. The average Bonchev–Trinajstić information content (AvgIpc) is 2.94. The van der Waals surface area contributed by atoms with E-state index in [9.17, 15) is 19.5 Å². The molecular formula is C30H29ClN4O5. The first-order valence-corrected chi connectivity index (χ1v) is 12.8. The molecule has 0 atom stereocenters. The molecule has 3 N–H and O–H groups in total. The molecule has 0 spiro atoms. The van der Waals surface area contributed by atoms with Gasteiger partial charge in [0.05, 0.1) is 23.4 Å². The van der Waals surface area contributed by atoms with Crippen molar-refractivity contribution in [2.75, 3.05) is 38.4 Å². The Kier molecular flexibility index (Phi) is 8.88. The van der Waals surface area contributed by atoms with E-state index < -0.39 is 11.8 Å². The number of nitrogens with one attached hydrogen (secondary N) is 2. The van der Waals surface area contributed by atoms with E-state index in [4.69, 9.17) is 16.3 Å². The number of aromatic nitrogens is 1. The number of pyridine rings is 1. The molecule has 0 radical (unpaired) electrons. The first-order chi connectivity index (χ1) is 19.2. The molecule has 1 aromatic heterocycles. The largest absolute Gasteiger partial charge is 0.506 e. The van der Waals surface area contributed by atoms with Gasteiger partial charge in [0.25, 0.3) is 17.4 Å². The van der Waals surface area contributed by atoms with E-state index in [-0.39, 0.29) is 33.3 Å². The van der Waals surface area contributed by atoms with Crippen LogP contribution < -0.4 is 20.9 Å². The highest BCUT2D eigenvalue weighted by Crippen LogP contribution is 2.33. The van der Waals surface area contributed by atoms with E-state index in [0.29, 0.717) is 35.5 Å². The molecule has 0 bridgehead atoms. The summed E-state index contributed by atoms with van der Waals surface area (Å²) in [6.07, 6.45) is 1.73. The molecule has 0 aliphatic rings. The first kappa shape index (κ1) is 28.4. The number of anilines is 2. The maximum atomic E-state index is 13.2. The number of likely N-dealkylation sites (N-methyl/N-ethyl adjacent to an activating group) is 1. The van der Waals surface area contributed by atoms with Crippen LogP contribution in [0.3, 0.4) is 0 Å². The van der Waals surface area contributed by atoms with Crippen LogP contribution in [-0.2, 0) is 6.54 Å². The molecule has 0 aliphatic carbocycles. The van der Waals surface area contributed by atoms with Crippen molar-refractivity contribution >= 4 is 34.8 Å². The zero-order chi connectivity index (χ0) is 28.8. The summed E-state index contributed by atoms with van der Waals surface area (Å²) >= 11 is 6.49. The fourth-order valence-corrected chi connectivity index (χ4v) is 4.27. The summed E-state index contributed by atoms with van der Waals surface area (Å²) in [5.41, 5.74) is 1.57. The van der Waals surface area contributed by atoms with Crippen LogP contribution in [0.25, 0.3) is 11.1 Å². The smallest absolute Gasteiger partial charge is 0.258 e. The van der Waals surface area contributed by atoms with Gasteiger partial charge in [0, 0.05) is 30.4 Å². The van der Waals surface area contributed by atoms with Crippen LogP contribution in [0.5, 0.6) is 11.5 Å². The minimum absolute atomic E-state index is 0.0151. The molecule has 0 saturated heterocycles. The molecule has 40 heavy (non-hydrogen) atoms. The van der Waals surface area contributed by atoms with Crippen molar-refractivity contribution in [3.05, 3.63) is 105 Å². The number of hydrogen-bond acceptors (Lipinski definition) is 6. The molecule has 4 rings (SSSR count). The van der Waals surface area contributed by atoms with Crippen LogP contribution in [-0.4, -0.2) is 54.1 Å². The molecule has 4 aromatic rings. The highest BCUT2D eigenvalue weighted by Gasteiger charge is 2.18. The second-order valence-electron chi connectivity index (χ2n) is 9.25. The average molecular weight is 561 g/mol. The summed E-state index contributed by atoms with van der Waals surface area (Å²) in [6, 6.07) is 19.2. The zero-order valence-electron chi connectivity index (χ0n) is 22.3. The van der Waals surface area contributed by atoms with E-state index in [1.165, 1.54) is 19.2 Å². The molecule has 3 aromatic carbocycles. The summed E-state index contributed by atoms with van der Waals surface area (Å²) in [7, 11) is 5.40. The highest BCUT2D eigenvalue weighted by atomic mass is 35.5. The van der Waals surface area contributed by atoms with Gasteiger partial charge in [0.15, 0.2) is 0 Å². The maximum Gasteiger partial charge on any atom is 0.258 e. The van der Waals surface area contributed by atoms with Crippen LogP contribution in [0.4, 0.5) is 11.4 Å². The Balaban J connectivity index is 1.55.